The molecule has 1 atom stereocenters. The zero-order valence-corrected chi connectivity index (χ0v) is 13.5. The Bertz CT molecular complexity index is 437. The average molecular weight is 308 g/mol. The molecule has 21 heavy (non-hydrogen) atoms. The molecule has 2 saturated heterocycles. The van der Waals surface area contributed by atoms with Crippen molar-refractivity contribution in [3.05, 3.63) is 29.3 Å². The smallest absolute Gasteiger partial charge is 0.0426 e. The van der Waals surface area contributed by atoms with Crippen LogP contribution in [0.4, 0.5) is 5.69 Å². The number of nitrogens with zero attached hydrogens (tertiary/aromatic N) is 2. The number of nitrogens with one attached hydrogen (secondary N) is 1. The summed E-state index contributed by atoms with van der Waals surface area (Å²) in [6.07, 6.45) is 5.41. The van der Waals surface area contributed by atoms with Gasteiger partial charge in [-0.05, 0) is 57.0 Å². The summed E-state index contributed by atoms with van der Waals surface area (Å²) in [5.74, 6) is 0. The largest absolute Gasteiger partial charge is 0.369 e. The fraction of sp³-hybridized carbons (Fsp3) is 0.647. The molecule has 2 aliphatic rings. The molecule has 2 heterocycles. The fourth-order valence-electron chi connectivity index (χ4n) is 3.47. The minimum Gasteiger partial charge on any atom is -0.369 e. The second-order valence-corrected chi connectivity index (χ2v) is 6.68. The van der Waals surface area contributed by atoms with Gasteiger partial charge in [0.25, 0.3) is 0 Å². The Morgan fingerprint density at radius 1 is 1.19 bits per heavy atom. The van der Waals surface area contributed by atoms with Gasteiger partial charge in [-0.3, -0.25) is 4.90 Å². The van der Waals surface area contributed by atoms with Crippen LogP contribution in [0.2, 0.25) is 5.02 Å². The molecular formula is C17H26ClN3. The van der Waals surface area contributed by atoms with Gasteiger partial charge in [-0.2, -0.15) is 0 Å². The lowest BCUT2D eigenvalue weighted by molar-refractivity contribution is 0.249. The van der Waals surface area contributed by atoms with Gasteiger partial charge in [-0.25, -0.2) is 0 Å². The van der Waals surface area contributed by atoms with E-state index in [4.69, 9.17) is 11.6 Å². The number of rotatable bonds is 5. The molecular weight excluding hydrogens is 282 g/mol. The molecule has 0 saturated carbocycles. The summed E-state index contributed by atoms with van der Waals surface area (Å²) >= 11 is 6.08. The Kier molecular flexibility index (Phi) is 5.39. The highest BCUT2D eigenvalue weighted by molar-refractivity contribution is 6.30. The van der Waals surface area contributed by atoms with Gasteiger partial charge in [0.2, 0.25) is 0 Å². The number of anilines is 1. The van der Waals surface area contributed by atoms with E-state index in [0.717, 1.165) is 24.2 Å². The summed E-state index contributed by atoms with van der Waals surface area (Å²) in [6, 6.07) is 9.01. The molecule has 3 rings (SSSR count). The minimum atomic E-state index is 0.790. The van der Waals surface area contributed by atoms with Crippen LogP contribution in [0.25, 0.3) is 0 Å². The van der Waals surface area contributed by atoms with Gasteiger partial charge in [0.1, 0.15) is 0 Å². The molecule has 0 radical (unpaired) electrons. The van der Waals surface area contributed by atoms with Crippen LogP contribution in [0.5, 0.6) is 0 Å². The van der Waals surface area contributed by atoms with Gasteiger partial charge in [-0.15, -0.1) is 0 Å². The summed E-state index contributed by atoms with van der Waals surface area (Å²) in [5.41, 5.74) is 1.26. The van der Waals surface area contributed by atoms with Crippen molar-refractivity contribution in [3.8, 4) is 0 Å². The third-order valence-corrected chi connectivity index (χ3v) is 4.97. The Labute approximate surface area is 133 Å². The van der Waals surface area contributed by atoms with Crippen molar-refractivity contribution in [2.45, 2.75) is 31.7 Å². The van der Waals surface area contributed by atoms with E-state index in [0.29, 0.717) is 0 Å². The predicted molar refractivity (Wildman–Crippen MR) is 90.4 cm³/mol. The van der Waals surface area contributed by atoms with Crippen molar-refractivity contribution in [2.24, 2.45) is 0 Å². The number of benzene rings is 1. The fourth-order valence-corrected chi connectivity index (χ4v) is 3.65. The quantitative estimate of drug-likeness (QED) is 0.902. The normalized spacial score (nSPS) is 23.7. The molecule has 116 valence electrons. The molecule has 4 heteroatoms. The van der Waals surface area contributed by atoms with E-state index in [9.17, 15) is 0 Å². The Morgan fingerprint density at radius 3 is 2.76 bits per heavy atom. The zero-order chi connectivity index (χ0) is 14.5. The van der Waals surface area contributed by atoms with Crippen LogP contribution in [0.3, 0.4) is 0 Å². The number of hydrogen-bond acceptors (Lipinski definition) is 3. The molecule has 0 bridgehead atoms. The number of piperazine rings is 1. The van der Waals surface area contributed by atoms with Crippen molar-refractivity contribution in [2.75, 3.05) is 44.2 Å². The van der Waals surface area contributed by atoms with Crippen molar-refractivity contribution in [3.63, 3.8) is 0 Å². The van der Waals surface area contributed by atoms with Crippen LogP contribution in [-0.2, 0) is 0 Å². The van der Waals surface area contributed by atoms with E-state index in [1.54, 1.807) is 0 Å². The third-order valence-electron chi connectivity index (χ3n) is 4.73. The van der Waals surface area contributed by atoms with Crippen LogP contribution in [-0.4, -0.2) is 50.2 Å². The second kappa shape index (κ2) is 7.48. The standard InChI is InChI=1S/C17H26ClN3/c18-15-4-1-7-17(14-15)21-12-10-20(11-13-21)9-3-6-16-5-2-8-19-16/h1,4,7,14,16,19H,2-3,5-6,8-13H2. The first-order valence-corrected chi connectivity index (χ1v) is 8.65. The summed E-state index contributed by atoms with van der Waals surface area (Å²) in [6.45, 7) is 7.05. The van der Waals surface area contributed by atoms with Gasteiger partial charge in [0.15, 0.2) is 0 Å². The predicted octanol–water partition coefficient (Wildman–Crippen LogP) is 2.99. The Morgan fingerprint density at radius 2 is 2.05 bits per heavy atom. The van der Waals surface area contributed by atoms with Crippen LogP contribution in [0.15, 0.2) is 24.3 Å². The van der Waals surface area contributed by atoms with Crippen molar-refractivity contribution in [1.82, 2.24) is 10.2 Å². The topological polar surface area (TPSA) is 18.5 Å². The minimum absolute atomic E-state index is 0.790. The van der Waals surface area contributed by atoms with Gasteiger partial charge in [0.05, 0.1) is 0 Å². The summed E-state index contributed by atoms with van der Waals surface area (Å²) in [7, 11) is 0. The lowest BCUT2D eigenvalue weighted by Crippen LogP contribution is -2.46. The van der Waals surface area contributed by atoms with Crippen LogP contribution in [0, 0.1) is 0 Å². The lowest BCUT2D eigenvalue weighted by atomic mass is 10.1. The molecule has 0 aromatic heterocycles. The molecule has 0 amide bonds. The van der Waals surface area contributed by atoms with Gasteiger partial charge < -0.3 is 10.2 Å². The first-order valence-electron chi connectivity index (χ1n) is 8.27. The van der Waals surface area contributed by atoms with Crippen molar-refractivity contribution in [1.29, 1.82) is 0 Å². The average Bonchev–Trinajstić information content (AvgIpc) is 3.01. The number of hydrogen-bond donors (Lipinski definition) is 1. The highest BCUT2D eigenvalue weighted by Gasteiger charge is 2.18. The van der Waals surface area contributed by atoms with Gasteiger partial charge in [-0.1, -0.05) is 17.7 Å². The maximum absolute atomic E-state index is 6.08. The molecule has 0 spiro atoms. The van der Waals surface area contributed by atoms with Crippen LogP contribution < -0.4 is 10.2 Å². The first-order chi connectivity index (χ1) is 10.3. The third kappa shape index (κ3) is 4.35. The molecule has 0 aliphatic carbocycles. The molecule has 2 fully saturated rings. The van der Waals surface area contributed by atoms with Gasteiger partial charge in [0, 0.05) is 42.9 Å². The zero-order valence-electron chi connectivity index (χ0n) is 12.7. The highest BCUT2D eigenvalue weighted by atomic mass is 35.5. The first kappa shape index (κ1) is 15.1. The van der Waals surface area contributed by atoms with Crippen molar-refractivity contribution >= 4 is 17.3 Å². The van der Waals surface area contributed by atoms with Crippen LogP contribution in [0.1, 0.15) is 25.7 Å². The van der Waals surface area contributed by atoms with E-state index in [1.807, 2.05) is 12.1 Å². The maximum atomic E-state index is 6.08. The summed E-state index contributed by atoms with van der Waals surface area (Å²) in [5, 5.41) is 4.42. The summed E-state index contributed by atoms with van der Waals surface area (Å²) in [4.78, 5) is 5.05. The van der Waals surface area contributed by atoms with Gasteiger partial charge >= 0.3 is 0 Å². The molecule has 1 aromatic rings. The van der Waals surface area contributed by atoms with E-state index in [2.05, 4.69) is 27.2 Å². The van der Waals surface area contributed by atoms with E-state index in [-0.39, 0.29) is 0 Å². The maximum Gasteiger partial charge on any atom is 0.0426 e. The second-order valence-electron chi connectivity index (χ2n) is 6.24. The number of halogens is 1. The monoisotopic (exact) mass is 307 g/mol. The summed E-state index contributed by atoms with van der Waals surface area (Å²) < 4.78 is 0. The lowest BCUT2D eigenvalue weighted by Gasteiger charge is -2.36. The molecule has 2 aliphatic heterocycles. The Balaban J connectivity index is 1.38. The molecule has 1 N–H and O–H groups in total. The van der Waals surface area contributed by atoms with Crippen LogP contribution >= 0.6 is 11.6 Å². The molecule has 1 unspecified atom stereocenters. The highest BCUT2D eigenvalue weighted by Crippen LogP contribution is 2.21. The van der Waals surface area contributed by atoms with E-state index >= 15 is 0 Å². The SMILES string of the molecule is Clc1cccc(N2CCN(CCCC3CCCN3)CC2)c1. The van der Waals surface area contributed by atoms with Crippen molar-refractivity contribution < 1.29 is 0 Å². The molecule has 1 aromatic carbocycles. The van der Waals surface area contributed by atoms with E-state index < -0.39 is 0 Å². The van der Waals surface area contributed by atoms with E-state index in [1.165, 1.54) is 57.5 Å². The Hall–Kier alpha value is -0.770. The molecule has 3 nitrogen and oxygen atoms in total.